The largest absolute Gasteiger partial charge is 0.237 e. The molecule has 0 saturated heterocycles. The number of nitrogens with zero attached hydrogens (tertiary/aromatic N) is 2. The molecule has 0 aliphatic heterocycles. The average molecular weight is 625 g/mol. The van der Waals surface area contributed by atoms with Crippen LogP contribution in [0.5, 0.6) is 0 Å². The van der Waals surface area contributed by atoms with Gasteiger partial charge in [0.1, 0.15) is 0 Å². The van der Waals surface area contributed by atoms with Crippen molar-refractivity contribution in [2.45, 2.75) is 6.42 Å². The first kappa shape index (κ1) is 28.8. The molecule has 1 aliphatic carbocycles. The van der Waals surface area contributed by atoms with Crippen LogP contribution >= 0.6 is 0 Å². The van der Waals surface area contributed by atoms with E-state index in [9.17, 15) is 0 Å². The lowest BCUT2D eigenvalue weighted by Crippen LogP contribution is -1.92. The second-order valence-electron chi connectivity index (χ2n) is 12.5. The first-order valence-corrected chi connectivity index (χ1v) is 16.8. The Hall–Kier alpha value is -6.38. The van der Waals surface area contributed by atoms with Crippen LogP contribution in [-0.2, 0) is 0 Å². The molecule has 1 aliphatic rings. The number of benzene rings is 7. The third-order valence-corrected chi connectivity index (χ3v) is 9.52. The lowest BCUT2D eigenvalue weighted by molar-refractivity contribution is 1.18. The molecule has 0 atom stereocenters. The zero-order chi connectivity index (χ0) is 32.6. The second-order valence-corrected chi connectivity index (χ2v) is 12.5. The van der Waals surface area contributed by atoms with E-state index in [0.29, 0.717) is 5.82 Å². The fourth-order valence-corrected chi connectivity index (χ4v) is 7.10. The summed E-state index contributed by atoms with van der Waals surface area (Å²) >= 11 is 0. The molecule has 0 bridgehead atoms. The smallest absolute Gasteiger partial charge is 0.159 e. The summed E-state index contributed by atoms with van der Waals surface area (Å²) in [6.07, 6.45) is 11.9. The fraction of sp³-hybridized carbons (Fsp3) is 0.0213. The van der Waals surface area contributed by atoms with E-state index in [-0.39, 0.29) is 0 Å². The van der Waals surface area contributed by atoms with Crippen molar-refractivity contribution >= 4 is 33.7 Å². The number of hydrogen-bond acceptors (Lipinski definition) is 2. The minimum absolute atomic E-state index is 0.713. The topological polar surface area (TPSA) is 25.8 Å². The predicted octanol–water partition coefficient (Wildman–Crippen LogP) is 12.5. The van der Waals surface area contributed by atoms with Crippen LogP contribution in [0.4, 0.5) is 0 Å². The molecular weight excluding hydrogens is 593 g/mol. The summed E-state index contributed by atoms with van der Waals surface area (Å²) in [6.45, 7) is 0. The van der Waals surface area contributed by atoms with E-state index in [1.54, 1.807) is 0 Å². The van der Waals surface area contributed by atoms with Gasteiger partial charge < -0.3 is 0 Å². The Morgan fingerprint density at radius 2 is 0.898 bits per heavy atom. The van der Waals surface area contributed by atoms with Gasteiger partial charge in [0.05, 0.1) is 5.69 Å². The van der Waals surface area contributed by atoms with Crippen LogP contribution in [-0.4, -0.2) is 9.97 Å². The Morgan fingerprint density at radius 1 is 0.367 bits per heavy atom. The van der Waals surface area contributed by atoms with E-state index in [4.69, 9.17) is 4.98 Å². The quantitative estimate of drug-likeness (QED) is 0.178. The van der Waals surface area contributed by atoms with Crippen LogP contribution in [0.3, 0.4) is 0 Å². The van der Waals surface area contributed by atoms with Crippen molar-refractivity contribution in [3.63, 3.8) is 0 Å². The maximum Gasteiger partial charge on any atom is 0.159 e. The minimum Gasteiger partial charge on any atom is -0.237 e. The zero-order valence-corrected chi connectivity index (χ0v) is 26.9. The third-order valence-electron chi connectivity index (χ3n) is 9.52. The Labute approximate surface area is 286 Å². The lowest BCUT2D eigenvalue weighted by Gasteiger charge is -2.14. The molecule has 1 heterocycles. The molecule has 9 rings (SSSR count). The van der Waals surface area contributed by atoms with Crippen LogP contribution in [0, 0.1) is 0 Å². The number of fused-ring (bicyclic) bond motifs is 6. The molecule has 2 nitrogen and oxygen atoms in total. The molecule has 0 unspecified atom stereocenters. The Morgan fingerprint density at radius 3 is 1.63 bits per heavy atom. The van der Waals surface area contributed by atoms with Gasteiger partial charge in [0.15, 0.2) is 5.82 Å². The summed E-state index contributed by atoms with van der Waals surface area (Å²) in [6, 6.07) is 54.1. The van der Waals surface area contributed by atoms with Gasteiger partial charge in [-0.15, -0.1) is 0 Å². The van der Waals surface area contributed by atoms with Crippen molar-refractivity contribution in [3.05, 3.63) is 181 Å². The van der Waals surface area contributed by atoms with Crippen molar-refractivity contribution in [1.29, 1.82) is 0 Å². The van der Waals surface area contributed by atoms with E-state index < -0.39 is 0 Å². The van der Waals surface area contributed by atoms with E-state index >= 15 is 0 Å². The molecule has 7 aromatic carbocycles. The van der Waals surface area contributed by atoms with Gasteiger partial charge in [-0.3, -0.25) is 0 Å². The minimum atomic E-state index is 0.713. The highest BCUT2D eigenvalue weighted by Gasteiger charge is 2.14. The first-order valence-electron chi connectivity index (χ1n) is 16.8. The van der Waals surface area contributed by atoms with Crippen molar-refractivity contribution in [2.24, 2.45) is 0 Å². The number of allylic oxidation sites excluding steroid dienone is 2. The normalized spacial score (nSPS) is 12.2. The summed E-state index contributed by atoms with van der Waals surface area (Å²) < 4.78 is 0. The monoisotopic (exact) mass is 624 g/mol. The number of hydrogen-bond donors (Lipinski definition) is 0. The van der Waals surface area contributed by atoms with Crippen LogP contribution < -0.4 is 0 Å². The van der Waals surface area contributed by atoms with Crippen molar-refractivity contribution in [2.75, 3.05) is 0 Å². The zero-order valence-electron chi connectivity index (χ0n) is 26.9. The Balaban J connectivity index is 1.07. The standard InChI is InChI=1S/C47H32N2/c1-3-12-32(13-4-1)33-14-10-18-38(29-33)46-26-27-48-47(49-46)39-19-11-17-36(30-39)34-15-9-16-35(28-34)37-24-25-44-42-21-6-2-5-20-40(42)41-22-7-8-23-43(41)45(44)31-37/h1,3-31H,2H2. The van der Waals surface area contributed by atoms with Gasteiger partial charge in [-0.05, 0) is 103 Å². The summed E-state index contributed by atoms with van der Waals surface area (Å²) in [4.78, 5) is 9.70. The molecule has 230 valence electrons. The van der Waals surface area contributed by atoms with Gasteiger partial charge in [0.2, 0.25) is 0 Å². The molecule has 49 heavy (non-hydrogen) atoms. The molecule has 0 radical (unpaired) electrons. The molecule has 0 saturated carbocycles. The van der Waals surface area contributed by atoms with E-state index in [0.717, 1.165) is 34.4 Å². The second kappa shape index (κ2) is 12.3. The van der Waals surface area contributed by atoms with E-state index in [1.807, 2.05) is 18.3 Å². The molecule has 1 aromatic heterocycles. The highest BCUT2D eigenvalue weighted by atomic mass is 14.9. The Kier molecular flexibility index (Phi) is 7.25. The summed E-state index contributed by atoms with van der Waals surface area (Å²) in [7, 11) is 0. The average Bonchev–Trinajstić information content (AvgIpc) is 3.45. The molecular formula is C47H32N2. The maximum atomic E-state index is 5.02. The van der Waals surface area contributed by atoms with Crippen LogP contribution in [0.1, 0.15) is 17.5 Å². The fourth-order valence-electron chi connectivity index (χ4n) is 7.10. The highest BCUT2D eigenvalue weighted by Crippen LogP contribution is 2.38. The van der Waals surface area contributed by atoms with Gasteiger partial charge in [-0.1, -0.05) is 146 Å². The van der Waals surface area contributed by atoms with Crippen molar-refractivity contribution in [3.8, 4) is 56.0 Å². The summed E-state index contributed by atoms with van der Waals surface area (Å²) in [5.41, 5.74) is 12.6. The van der Waals surface area contributed by atoms with Gasteiger partial charge in [0.25, 0.3) is 0 Å². The van der Waals surface area contributed by atoms with Gasteiger partial charge >= 0.3 is 0 Å². The lowest BCUT2D eigenvalue weighted by atomic mass is 9.89. The summed E-state index contributed by atoms with van der Waals surface area (Å²) in [5.74, 6) is 0.713. The van der Waals surface area contributed by atoms with Gasteiger partial charge in [-0.2, -0.15) is 0 Å². The molecule has 0 fully saturated rings. The maximum absolute atomic E-state index is 5.02. The highest BCUT2D eigenvalue weighted by molar-refractivity contribution is 6.15. The van der Waals surface area contributed by atoms with Crippen LogP contribution in [0.25, 0.3) is 89.7 Å². The molecule has 2 heteroatoms. The van der Waals surface area contributed by atoms with E-state index in [1.165, 1.54) is 54.9 Å². The Bertz CT molecular complexity index is 2580. The van der Waals surface area contributed by atoms with Crippen molar-refractivity contribution in [1.82, 2.24) is 9.97 Å². The molecule has 0 spiro atoms. The predicted molar refractivity (Wildman–Crippen MR) is 207 cm³/mol. The van der Waals surface area contributed by atoms with Crippen molar-refractivity contribution < 1.29 is 0 Å². The molecule has 0 amide bonds. The van der Waals surface area contributed by atoms with Gasteiger partial charge in [0, 0.05) is 17.3 Å². The first-order chi connectivity index (χ1) is 24.3. The number of aromatic nitrogens is 2. The number of rotatable bonds is 5. The third kappa shape index (κ3) is 5.44. The van der Waals surface area contributed by atoms with E-state index in [2.05, 4.69) is 169 Å². The summed E-state index contributed by atoms with van der Waals surface area (Å²) in [5, 5.41) is 5.16. The molecule has 8 aromatic rings. The SMILES string of the molecule is C1=Cc2c(c3ccc(-c4cccc(-c5cccc(-c6nccc(-c7cccc(-c8ccccc8)c7)n6)c5)c4)cc3c3ccccc23)C=CC1. The molecule has 0 N–H and O–H groups in total. The van der Waals surface area contributed by atoms with Crippen LogP contribution in [0.2, 0.25) is 0 Å². The van der Waals surface area contributed by atoms with Crippen LogP contribution in [0.15, 0.2) is 170 Å². The van der Waals surface area contributed by atoms with Gasteiger partial charge in [-0.25, -0.2) is 9.97 Å².